The van der Waals surface area contributed by atoms with Gasteiger partial charge in [-0.3, -0.25) is 14.6 Å². The van der Waals surface area contributed by atoms with Gasteiger partial charge in [-0.05, 0) is 38.3 Å². The third kappa shape index (κ3) is 2.96. The van der Waals surface area contributed by atoms with E-state index in [-0.39, 0.29) is 17.4 Å². The summed E-state index contributed by atoms with van der Waals surface area (Å²) in [6.45, 7) is 3.62. The van der Waals surface area contributed by atoms with Gasteiger partial charge < -0.3 is 10.0 Å². The summed E-state index contributed by atoms with van der Waals surface area (Å²) >= 11 is 1.29. The fourth-order valence-electron chi connectivity index (χ4n) is 4.14. The van der Waals surface area contributed by atoms with Crippen molar-refractivity contribution in [1.29, 1.82) is 0 Å². The number of carbonyl (C=O) groups excluding carboxylic acids is 2. The summed E-state index contributed by atoms with van der Waals surface area (Å²) in [6.07, 6.45) is 7.18. The molecule has 27 heavy (non-hydrogen) atoms. The van der Waals surface area contributed by atoms with Gasteiger partial charge in [0.2, 0.25) is 5.78 Å². The highest BCUT2D eigenvalue weighted by molar-refractivity contribution is 7.14. The molecule has 2 aliphatic rings. The second-order valence-electron chi connectivity index (χ2n) is 7.08. The van der Waals surface area contributed by atoms with E-state index in [0.717, 1.165) is 36.3 Å². The van der Waals surface area contributed by atoms with Gasteiger partial charge in [0.25, 0.3) is 5.91 Å². The molecule has 0 aromatic carbocycles. The van der Waals surface area contributed by atoms with Gasteiger partial charge in [0.05, 0.1) is 27.2 Å². The van der Waals surface area contributed by atoms with Crippen LogP contribution in [0.25, 0.3) is 0 Å². The molecule has 1 unspecified atom stereocenters. The Bertz CT molecular complexity index is 929. The molecule has 1 amide bonds. The maximum atomic E-state index is 13.3. The largest absolute Gasteiger partial charge is 0.503 e. The predicted octanol–water partition coefficient (Wildman–Crippen LogP) is 3.68. The van der Waals surface area contributed by atoms with E-state index in [1.165, 1.54) is 11.3 Å². The maximum absolute atomic E-state index is 13.3. The number of hydrogen-bond donors (Lipinski definition) is 1. The molecule has 6 nitrogen and oxygen atoms in total. The number of ketones is 1. The fourth-order valence-corrected chi connectivity index (χ4v) is 5.02. The lowest BCUT2D eigenvalue weighted by Gasteiger charge is -2.31. The van der Waals surface area contributed by atoms with Crippen LogP contribution in [-0.2, 0) is 4.79 Å². The van der Waals surface area contributed by atoms with Crippen molar-refractivity contribution < 1.29 is 14.7 Å². The number of aliphatic hydroxyl groups is 1. The number of aliphatic hydroxyl groups excluding tert-OH is 1. The lowest BCUT2D eigenvalue weighted by Crippen LogP contribution is -2.38. The molecule has 1 atom stereocenters. The van der Waals surface area contributed by atoms with Crippen LogP contribution in [0.15, 0.2) is 35.9 Å². The minimum Gasteiger partial charge on any atom is -0.503 e. The summed E-state index contributed by atoms with van der Waals surface area (Å²) in [6, 6.07) is 3.05. The molecule has 0 bridgehead atoms. The van der Waals surface area contributed by atoms with E-state index in [1.54, 1.807) is 30.3 Å². The van der Waals surface area contributed by atoms with E-state index >= 15 is 0 Å². The van der Waals surface area contributed by atoms with Crippen molar-refractivity contribution in [1.82, 2.24) is 14.9 Å². The standard InChI is InChI=1S/C20H21N3O3S/c1-11-19(27-12(2)22-11)17(24)15-16(13-6-5-9-21-10-13)23(20(26)18(15)25)14-7-3-4-8-14/h5-6,9-10,14,16,25H,3-4,7-8H2,1-2H3. The summed E-state index contributed by atoms with van der Waals surface area (Å²) < 4.78 is 0. The minimum atomic E-state index is -0.608. The number of nitrogens with zero attached hydrogens (tertiary/aromatic N) is 3. The van der Waals surface area contributed by atoms with Gasteiger partial charge in [-0.15, -0.1) is 11.3 Å². The number of pyridine rings is 1. The van der Waals surface area contributed by atoms with Crippen LogP contribution in [0.1, 0.15) is 57.7 Å². The lowest BCUT2D eigenvalue weighted by molar-refractivity contribution is -0.131. The molecular formula is C20H21N3O3S. The number of aryl methyl sites for hydroxylation is 2. The highest BCUT2D eigenvalue weighted by Gasteiger charge is 2.47. The molecule has 140 valence electrons. The van der Waals surface area contributed by atoms with Crippen molar-refractivity contribution in [3.63, 3.8) is 0 Å². The Morgan fingerprint density at radius 3 is 2.63 bits per heavy atom. The summed E-state index contributed by atoms with van der Waals surface area (Å²) in [5.41, 5.74) is 1.51. The van der Waals surface area contributed by atoms with Crippen LogP contribution >= 0.6 is 11.3 Å². The monoisotopic (exact) mass is 383 g/mol. The van der Waals surface area contributed by atoms with Crippen molar-refractivity contribution in [2.45, 2.75) is 51.6 Å². The first-order chi connectivity index (χ1) is 13.0. The van der Waals surface area contributed by atoms with E-state index in [1.807, 2.05) is 13.0 Å². The van der Waals surface area contributed by atoms with Crippen LogP contribution in [0, 0.1) is 13.8 Å². The second kappa shape index (κ2) is 6.88. The molecule has 1 fully saturated rings. The number of rotatable bonds is 4. The Kier molecular flexibility index (Phi) is 4.55. The van der Waals surface area contributed by atoms with Crippen LogP contribution in [0.3, 0.4) is 0 Å². The Morgan fingerprint density at radius 1 is 1.30 bits per heavy atom. The molecule has 2 aromatic rings. The van der Waals surface area contributed by atoms with E-state index in [0.29, 0.717) is 10.6 Å². The average Bonchev–Trinajstić information content (AvgIpc) is 3.35. The van der Waals surface area contributed by atoms with Gasteiger partial charge in [-0.1, -0.05) is 18.9 Å². The van der Waals surface area contributed by atoms with E-state index in [2.05, 4.69) is 9.97 Å². The van der Waals surface area contributed by atoms with Crippen molar-refractivity contribution in [3.8, 4) is 0 Å². The van der Waals surface area contributed by atoms with Crippen molar-refractivity contribution in [3.05, 3.63) is 57.0 Å². The van der Waals surface area contributed by atoms with E-state index in [9.17, 15) is 14.7 Å². The number of thiazole rings is 1. The molecule has 2 aromatic heterocycles. The maximum Gasteiger partial charge on any atom is 0.290 e. The molecule has 0 saturated heterocycles. The second-order valence-corrected chi connectivity index (χ2v) is 8.28. The number of carbonyl (C=O) groups is 2. The van der Waals surface area contributed by atoms with E-state index < -0.39 is 17.7 Å². The Labute approximate surface area is 161 Å². The summed E-state index contributed by atoms with van der Waals surface area (Å²) in [5.74, 6) is -1.22. The summed E-state index contributed by atoms with van der Waals surface area (Å²) in [4.78, 5) is 36.9. The van der Waals surface area contributed by atoms with Crippen LogP contribution in [-0.4, -0.2) is 37.7 Å². The van der Waals surface area contributed by atoms with E-state index in [4.69, 9.17) is 0 Å². The normalized spacial score (nSPS) is 20.7. The number of Topliss-reactive ketones (excluding diaryl/α,β-unsaturated/α-hetero) is 1. The van der Waals surface area contributed by atoms with Gasteiger partial charge in [0.15, 0.2) is 5.76 Å². The lowest BCUT2D eigenvalue weighted by atomic mass is 9.95. The van der Waals surface area contributed by atoms with Crippen molar-refractivity contribution in [2.24, 2.45) is 0 Å². The zero-order valence-electron chi connectivity index (χ0n) is 15.3. The molecule has 0 spiro atoms. The molecule has 1 N–H and O–H groups in total. The first kappa shape index (κ1) is 17.9. The van der Waals surface area contributed by atoms with Crippen LogP contribution in [0.5, 0.6) is 0 Å². The Balaban J connectivity index is 1.83. The van der Waals surface area contributed by atoms with Crippen molar-refractivity contribution in [2.75, 3.05) is 0 Å². The number of hydrogen-bond acceptors (Lipinski definition) is 6. The molecule has 4 rings (SSSR count). The van der Waals surface area contributed by atoms with Crippen LogP contribution < -0.4 is 0 Å². The number of amides is 1. The summed E-state index contributed by atoms with van der Waals surface area (Å²) in [5, 5.41) is 11.5. The Morgan fingerprint density at radius 2 is 2.04 bits per heavy atom. The first-order valence-corrected chi connectivity index (χ1v) is 9.95. The molecule has 3 heterocycles. The molecule has 1 aliphatic carbocycles. The zero-order valence-corrected chi connectivity index (χ0v) is 16.1. The third-order valence-electron chi connectivity index (χ3n) is 5.32. The average molecular weight is 383 g/mol. The molecular weight excluding hydrogens is 362 g/mol. The van der Waals surface area contributed by atoms with Gasteiger partial charge in [0, 0.05) is 18.4 Å². The van der Waals surface area contributed by atoms with Gasteiger partial charge >= 0.3 is 0 Å². The highest BCUT2D eigenvalue weighted by atomic mass is 32.1. The minimum absolute atomic E-state index is 0.0273. The SMILES string of the molecule is Cc1nc(C)c(C(=O)C2=C(O)C(=O)N(C3CCCC3)C2c2cccnc2)s1. The third-order valence-corrected chi connectivity index (χ3v) is 6.39. The van der Waals surface area contributed by atoms with Gasteiger partial charge in [0.1, 0.15) is 0 Å². The molecule has 0 radical (unpaired) electrons. The number of aromatic nitrogens is 2. The topological polar surface area (TPSA) is 83.4 Å². The van der Waals surface area contributed by atoms with Crippen molar-refractivity contribution >= 4 is 23.0 Å². The van der Waals surface area contributed by atoms with Crippen LogP contribution in [0.4, 0.5) is 0 Å². The summed E-state index contributed by atoms with van der Waals surface area (Å²) in [7, 11) is 0. The molecule has 1 saturated carbocycles. The van der Waals surface area contributed by atoms with Gasteiger partial charge in [-0.25, -0.2) is 4.98 Å². The fraction of sp³-hybridized carbons (Fsp3) is 0.400. The molecule has 7 heteroatoms. The smallest absolute Gasteiger partial charge is 0.290 e. The first-order valence-electron chi connectivity index (χ1n) is 9.13. The predicted molar refractivity (Wildman–Crippen MR) is 102 cm³/mol. The van der Waals surface area contributed by atoms with Gasteiger partial charge in [-0.2, -0.15) is 0 Å². The van der Waals surface area contributed by atoms with Crippen LogP contribution in [0.2, 0.25) is 0 Å². The zero-order chi connectivity index (χ0) is 19.1. The molecule has 1 aliphatic heterocycles. The Hall–Kier alpha value is -2.54. The highest BCUT2D eigenvalue weighted by Crippen LogP contribution is 2.43. The quantitative estimate of drug-likeness (QED) is 0.815.